The van der Waals surface area contributed by atoms with Crippen molar-refractivity contribution in [3.05, 3.63) is 29.8 Å². The minimum Gasteiger partial charge on any atom is -0.341 e. The molecular weight excluding hydrogens is 404 g/mol. The van der Waals surface area contributed by atoms with Gasteiger partial charge >= 0.3 is 0 Å². The zero-order valence-electron chi connectivity index (χ0n) is 19.4. The molecule has 1 aromatic rings. The van der Waals surface area contributed by atoms with Crippen LogP contribution in [0.3, 0.4) is 0 Å². The maximum Gasteiger partial charge on any atom is 0.236 e. The molecule has 0 bridgehead atoms. The number of nitrogens with one attached hydrogen (secondary N) is 1. The van der Waals surface area contributed by atoms with E-state index in [2.05, 4.69) is 24.1 Å². The summed E-state index contributed by atoms with van der Waals surface area (Å²) in [4.78, 5) is 43.9. The standard InChI is InChI=1S/C25H36N4O3/c1-18-13-19(2)16-29(15-18)24(31)17-27-9-11-28(12-10-27)23(30)8-7-21-14-20-5-3-4-6-22(20)26-25(21)32/h3-6,18-19,21H,7-17H2,1-2H3,(H,26,32). The molecule has 3 unspecified atom stereocenters. The average Bonchev–Trinajstić information content (AvgIpc) is 2.77. The number of rotatable bonds is 5. The molecule has 0 radical (unpaired) electrons. The third-order valence-corrected chi connectivity index (χ3v) is 7.12. The molecule has 3 amide bonds. The van der Waals surface area contributed by atoms with Crippen molar-refractivity contribution in [2.24, 2.45) is 17.8 Å². The number of piperidine rings is 1. The SMILES string of the molecule is CC1CC(C)CN(C(=O)CN2CCN(C(=O)CCC3Cc4ccccc4NC3=O)CC2)C1. The zero-order valence-corrected chi connectivity index (χ0v) is 19.4. The summed E-state index contributed by atoms with van der Waals surface area (Å²) in [6.45, 7) is 9.37. The van der Waals surface area contributed by atoms with Gasteiger partial charge in [-0.3, -0.25) is 19.3 Å². The number of carbonyl (C=O) groups is 3. The van der Waals surface area contributed by atoms with Crippen molar-refractivity contribution >= 4 is 23.4 Å². The van der Waals surface area contributed by atoms with Crippen molar-refractivity contribution in [2.45, 2.75) is 39.5 Å². The molecule has 4 rings (SSSR count). The van der Waals surface area contributed by atoms with Crippen LogP contribution in [0.2, 0.25) is 0 Å². The van der Waals surface area contributed by atoms with Gasteiger partial charge in [0.15, 0.2) is 0 Å². The molecule has 2 fully saturated rings. The highest BCUT2D eigenvalue weighted by Crippen LogP contribution is 2.28. The lowest BCUT2D eigenvalue weighted by Crippen LogP contribution is -2.53. The number of fused-ring (bicyclic) bond motifs is 1. The van der Waals surface area contributed by atoms with E-state index in [1.807, 2.05) is 34.1 Å². The summed E-state index contributed by atoms with van der Waals surface area (Å²) in [6.07, 6.45) is 2.85. The molecule has 0 aromatic heterocycles. The Morgan fingerprint density at radius 1 is 0.969 bits per heavy atom. The number of anilines is 1. The average molecular weight is 441 g/mol. The number of piperazine rings is 1. The predicted molar refractivity (Wildman–Crippen MR) is 124 cm³/mol. The third kappa shape index (κ3) is 5.49. The van der Waals surface area contributed by atoms with Crippen LogP contribution in [0.5, 0.6) is 0 Å². The lowest BCUT2D eigenvalue weighted by Gasteiger charge is -2.38. The molecule has 3 atom stereocenters. The molecule has 3 aliphatic heterocycles. The first-order valence-electron chi connectivity index (χ1n) is 12.1. The van der Waals surface area contributed by atoms with E-state index in [4.69, 9.17) is 0 Å². The quantitative estimate of drug-likeness (QED) is 0.762. The second kappa shape index (κ2) is 10.0. The summed E-state index contributed by atoms with van der Waals surface area (Å²) < 4.78 is 0. The van der Waals surface area contributed by atoms with Gasteiger partial charge in [0.05, 0.1) is 6.54 Å². The fourth-order valence-corrected chi connectivity index (χ4v) is 5.42. The van der Waals surface area contributed by atoms with Crippen LogP contribution in [0.4, 0.5) is 5.69 Å². The van der Waals surface area contributed by atoms with Gasteiger partial charge in [-0.15, -0.1) is 0 Å². The van der Waals surface area contributed by atoms with Gasteiger partial charge in [0.2, 0.25) is 17.7 Å². The highest BCUT2D eigenvalue weighted by molar-refractivity contribution is 5.96. The van der Waals surface area contributed by atoms with E-state index in [1.54, 1.807) is 0 Å². The van der Waals surface area contributed by atoms with E-state index < -0.39 is 0 Å². The van der Waals surface area contributed by atoms with Gasteiger partial charge in [-0.1, -0.05) is 32.0 Å². The van der Waals surface area contributed by atoms with E-state index in [0.29, 0.717) is 50.7 Å². The van der Waals surface area contributed by atoms with Gasteiger partial charge in [-0.25, -0.2) is 0 Å². The van der Waals surface area contributed by atoms with Gasteiger partial charge in [0.1, 0.15) is 0 Å². The van der Waals surface area contributed by atoms with Gasteiger partial charge in [0, 0.05) is 57.3 Å². The summed E-state index contributed by atoms with van der Waals surface area (Å²) in [6, 6.07) is 7.86. The minimum atomic E-state index is -0.151. The molecule has 3 heterocycles. The Morgan fingerprint density at radius 3 is 2.38 bits per heavy atom. The van der Waals surface area contributed by atoms with Crippen molar-refractivity contribution < 1.29 is 14.4 Å². The van der Waals surface area contributed by atoms with E-state index in [1.165, 1.54) is 6.42 Å². The summed E-state index contributed by atoms with van der Waals surface area (Å²) in [5.74, 6) is 1.32. The molecule has 3 aliphatic rings. The number of para-hydroxylation sites is 1. The topological polar surface area (TPSA) is 73.0 Å². The first-order chi connectivity index (χ1) is 15.4. The number of hydrogen-bond acceptors (Lipinski definition) is 4. The predicted octanol–water partition coefficient (Wildman–Crippen LogP) is 2.23. The number of nitrogens with zero attached hydrogens (tertiary/aromatic N) is 3. The lowest BCUT2D eigenvalue weighted by atomic mass is 9.89. The zero-order chi connectivity index (χ0) is 22.7. The van der Waals surface area contributed by atoms with Crippen LogP contribution in [0.25, 0.3) is 0 Å². The molecule has 174 valence electrons. The van der Waals surface area contributed by atoms with E-state index in [0.717, 1.165) is 37.4 Å². The first-order valence-corrected chi connectivity index (χ1v) is 12.1. The molecular formula is C25H36N4O3. The molecule has 0 aliphatic carbocycles. The Morgan fingerprint density at radius 2 is 1.66 bits per heavy atom. The molecule has 7 nitrogen and oxygen atoms in total. The molecule has 7 heteroatoms. The number of benzene rings is 1. The second-order valence-corrected chi connectivity index (χ2v) is 9.99. The highest BCUT2D eigenvalue weighted by Gasteiger charge is 2.30. The monoisotopic (exact) mass is 440 g/mol. The molecule has 32 heavy (non-hydrogen) atoms. The highest BCUT2D eigenvalue weighted by atomic mass is 16.2. The Labute approximate surface area is 191 Å². The molecule has 1 aromatic carbocycles. The number of amides is 3. The number of likely N-dealkylation sites (tertiary alicyclic amines) is 1. The van der Waals surface area contributed by atoms with Crippen molar-refractivity contribution in [1.29, 1.82) is 0 Å². The third-order valence-electron chi connectivity index (χ3n) is 7.12. The maximum absolute atomic E-state index is 12.7. The van der Waals surface area contributed by atoms with Crippen LogP contribution in [0.1, 0.15) is 38.7 Å². The number of carbonyl (C=O) groups excluding carboxylic acids is 3. The molecule has 2 saturated heterocycles. The molecule has 0 spiro atoms. The van der Waals surface area contributed by atoms with Gasteiger partial charge < -0.3 is 15.1 Å². The largest absolute Gasteiger partial charge is 0.341 e. The molecule has 1 N–H and O–H groups in total. The Kier molecular flexibility index (Phi) is 7.13. The van der Waals surface area contributed by atoms with Crippen molar-refractivity contribution in [1.82, 2.24) is 14.7 Å². The minimum absolute atomic E-state index is 0.0150. The van der Waals surface area contributed by atoms with Crippen LogP contribution in [0.15, 0.2) is 24.3 Å². The van der Waals surface area contributed by atoms with Crippen LogP contribution >= 0.6 is 0 Å². The van der Waals surface area contributed by atoms with Crippen LogP contribution in [0, 0.1) is 17.8 Å². The van der Waals surface area contributed by atoms with Crippen LogP contribution < -0.4 is 5.32 Å². The van der Waals surface area contributed by atoms with Crippen molar-refractivity contribution in [2.75, 3.05) is 51.1 Å². The lowest BCUT2D eigenvalue weighted by molar-refractivity contribution is -0.137. The smallest absolute Gasteiger partial charge is 0.236 e. The molecule has 0 saturated carbocycles. The summed E-state index contributed by atoms with van der Waals surface area (Å²) >= 11 is 0. The van der Waals surface area contributed by atoms with E-state index in [-0.39, 0.29) is 23.6 Å². The number of hydrogen-bond donors (Lipinski definition) is 1. The van der Waals surface area contributed by atoms with E-state index in [9.17, 15) is 14.4 Å². The Balaban J connectivity index is 1.19. The van der Waals surface area contributed by atoms with Crippen molar-refractivity contribution in [3.8, 4) is 0 Å². The van der Waals surface area contributed by atoms with Crippen molar-refractivity contribution in [3.63, 3.8) is 0 Å². The Hall–Kier alpha value is -2.41. The summed E-state index contributed by atoms with van der Waals surface area (Å²) in [5, 5.41) is 2.96. The fourth-order valence-electron chi connectivity index (χ4n) is 5.42. The fraction of sp³-hybridized carbons (Fsp3) is 0.640. The van der Waals surface area contributed by atoms with Gasteiger partial charge in [0.25, 0.3) is 0 Å². The van der Waals surface area contributed by atoms with Crippen LogP contribution in [-0.2, 0) is 20.8 Å². The summed E-state index contributed by atoms with van der Waals surface area (Å²) in [7, 11) is 0. The maximum atomic E-state index is 12.7. The van der Waals surface area contributed by atoms with Gasteiger partial charge in [-0.05, 0) is 42.7 Å². The van der Waals surface area contributed by atoms with E-state index >= 15 is 0 Å². The Bertz CT molecular complexity index is 839. The first kappa shape index (κ1) is 22.8. The second-order valence-electron chi connectivity index (χ2n) is 9.99. The van der Waals surface area contributed by atoms with Crippen LogP contribution in [-0.4, -0.2) is 78.2 Å². The summed E-state index contributed by atoms with van der Waals surface area (Å²) in [5.41, 5.74) is 2.03. The normalized spacial score (nSPS) is 26.4. The van der Waals surface area contributed by atoms with Gasteiger partial charge in [-0.2, -0.15) is 0 Å².